The van der Waals surface area contributed by atoms with Crippen LogP contribution in [0.15, 0.2) is 59.1 Å². The highest BCUT2D eigenvalue weighted by atomic mass is 79.9. The van der Waals surface area contributed by atoms with Crippen LogP contribution in [0.1, 0.15) is 53.2 Å². The van der Waals surface area contributed by atoms with Crippen LogP contribution in [-0.4, -0.2) is 12.5 Å². The smallest absolute Gasteiger partial charge is 0.251 e. The van der Waals surface area contributed by atoms with Crippen molar-refractivity contribution in [1.29, 1.82) is 0 Å². The van der Waals surface area contributed by atoms with E-state index in [1.165, 1.54) is 11.1 Å². The minimum atomic E-state index is 0.0169. The highest BCUT2D eigenvalue weighted by molar-refractivity contribution is 9.10. The summed E-state index contributed by atoms with van der Waals surface area (Å²) in [6, 6.07) is 14.9. The largest absolute Gasteiger partial charge is 0.378 e. The summed E-state index contributed by atoms with van der Waals surface area (Å²) in [5.41, 5.74) is 4.43. The Morgan fingerprint density at radius 2 is 2.04 bits per heavy atom. The molecule has 1 aliphatic heterocycles. The number of benzene rings is 2. The van der Waals surface area contributed by atoms with Gasteiger partial charge in [-0.05, 0) is 60.2 Å². The molecule has 26 heavy (non-hydrogen) atoms. The lowest BCUT2D eigenvalue weighted by Gasteiger charge is -2.37. The molecule has 4 rings (SSSR count). The van der Waals surface area contributed by atoms with Crippen LogP contribution in [0.5, 0.6) is 0 Å². The third-order valence-electron chi connectivity index (χ3n) is 5.39. The van der Waals surface area contributed by atoms with Gasteiger partial charge in [0.2, 0.25) is 0 Å². The van der Waals surface area contributed by atoms with Gasteiger partial charge >= 0.3 is 0 Å². The molecule has 2 aliphatic rings. The summed E-state index contributed by atoms with van der Waals surface area (Å²) >= 11 is 3.52. The van der Waals surface area contributed by atoms with Crippen LogP contribution in [0.2, 0.25) is 0 Å². The fourth-order valence-electron chi connectivity index (χ4n) is 4.08. The Morgan fingerprint density at radius 1 is 1.23 bits per heavy atom. The minimum Gasteiger partial charge on any atom is -0.378 e. The number of nitrogens with one attached hydrogen (secondary N) is 2. The molecule has 3 atom stereocenters. The van der Waals surface area contributed by atoms with Crippen molar-refractivity contribution in [2.45, 2.75) is 31.7 Å². The Hall–Kier alpha value is -2.07. The van der Waals surface area contributed by atoms with E-state index < -0.39 is 0 Å². The number of amides is 1. The van der Waals surface area contributed by atoms with E-state index in [2.05, 4.69) is 82.0 Å². The molecule has 1 amide bonds. The van der Waals surface area contributed by atoms with Gasteiger partial charge in [0.25, 0.3) is 5.91 Å². The Morgan fingerprint density at radius 3 is 2.81 bits per heavy atom. The SMILES string of the molecule is CCCNC(=O)c1ccc2c(c1)[C@@H]1C=CC[C@@H]1[C@H](c1ccc(Br)cc1)N2. The second-order valence-corrected chi connectivity index (χ2v) is 8.00. The van der Waals surface area contributed by atoms with E-state index in [0.717, 1.165) is 28.6 Å². The zero-order valence-corrected chi connectivity index (χ0v) is 16.4. The number of anilines is 1. The van der Waals surface area contributed by atoms with Crippen molar-refractivity contribution in [3.8, 4) is 0 Å². The quantitative estimate of drug-likeness (QED) is 0.660. The van der Waals surface area contributed by atoms with Crippen LogP contribution in [0.4, 0.5) is 5.69 Å². The van der Waals surface area contributed by atoms with E-state index in [9.17, 15) is 4.79 Å². The zero-order chi connectivity index (χ0) is 18.1. The maximum absolute atomic E-state index is 12.3. The molecule has 0 fully saturated rings. The average molecular weight is 411 g/mol. The number of hydrogen-bond donors (Lipinski definition) is 2. The van der Waals surface area contributed by atoms with Crippen molar-refractivity contribution in [2.75, 3.05) is 11.9 Å². The van der Waals surface area contributed by atoms with Crippen LogP contribution in [0.25, 0.3) is 0 Å². The number of carbonyl (C=O) groups excluding carboxylic acids is 1. The zero-order valence-electron chi connectivity index (χ0n) is 14.8. The van der Waals surface area contributed by atoms with E-state index in [4.69, 9.17) is 0 Å². The molecule has 2 N–H and O–H groups in total. The lowest BCUT2D eigenvalue weighted by atomic mass is 9.76. The van der Waals surface area contributed by atoms with Crippen molar-refractivity contribution in [3.05, 3.63) is 75.8 Å². The van der Waals surface area contributed by atoms with Gasteiger partial charge in [0, 0.05) is 28.2 Å². The lowest BCUT2D eigenvalue weighted by molar-refractivity contribution is 0.0953. The summed E-state index contributed by atoms with van der Waals surface area (Å²) in [4.78, 5) is 12.3. The third kappa shape index (κ3) is 3.18. The van der Waals surface area contributed by atoms with Crippen LogP contribution in [0, 0.1) is 5.92 Å². The highest BCUT2D eigenvalue weighted by Crippen LogP contribution is 2.49. The first-order valence-electron chi connectivity index (χ1n) is 9.28. The van der Waals surface area contributed by atoms with Gasteiger partial charge in [0.15, 0.2) is 0 Å². The number of fused-ring (bicyclic) bond motifs is 3. The van der Waals surface area contributed by atoms with Crippen LogP contribution in [-0.2, 0) is 0 Å². The molecule has 0 saturated carbocycles. The molecule has 4 heteroatoms. The molecule has 2 aromatic rings. The molecule has 3 nitrogen and oxygen atoms in total. The van der Waals surface area contributed by atoms with Crippen LogP contribution in [0.3, 0.4) is 0 Å². The summed E-state index contributed by atoms with van der Waals surface area (Å²) in [6.45, 7) is 2.78. The van der Waals surface area contributed by atoms with Crippen LogP contribution < -0.4 is 10.6 Å². The Labute approximate surface area is 163 Å². The van der Waals surface area contributed by atoms with Gasteiger partial charge in [-0.2, -0.15) is 0 Å². The molecule has 0 spiro atoms. The predicted octanol–water partition coefficient (Wildman–Crippen LogP) is 5.42. The van der Waals surface area contributed by atoms with Crippen LogP contribution >= 0.6 is 15.9 Å². The first-order valence-corrected chi connectivity index (χ1v) is 10.1. The van der Waals surface area contributed by atoms with Gasteiger partial charge < -0.3 is 10.6 Å². The minimum absolute atomic E-state index is 0.0169. The number of halogens is 1. The summed E-state index contributed by atoms with van der Waals surface area (Å²) in [5, 5.41) is 6.70. The number of carbonyl (C=O) groups is 1. The first kappa shape index (κ1) is 17.3. The Bertz CT molecular complexity index is 844. The van der Waals surface area contributed by atoms with E-state index >= 15 is 0 Å². The lowest BCUT2D eigenvalue weighted by Crippen LogP contribution is -2.30. The normalized spacial score (nSPS) is 23.1. The van der Waals surface area contributed by atoms with Crippen molar-refractivity contribution in [1.82, 2.24) is 5.32 Å². The highest BCUT2D eigenvalue weighted by Gasteiger charge is 2.38. The van der Waals surface area contributed by atoms with E-state index in [1.807, 2.05) is 6.07 Å². The molecule has 0 saturated heterocycles. The maximum Gasteiger partial charge on any atom is 0.251 e. The van der Waals surface area contributed by atoms with Crippen molar-refractivity contribution < 1.29 is 4.79 Å². The predicted molar refractivity (Wildman–Crippen MR) is 110 cm³/mol. The average Bonchev–Trinajstić information content (AvgIpc) is 3.16. The monoisotopic (exact) mass is 410 g/mol. The second-order valence-electron chi connectivity index (χ2n) is 7.08. The van der Waals surface area contributed by atoms with Gasteiger partial charge in [-0.25, -0.2) is 0 Å². The number of hydrogen-bond acceptors (Lipinski definition) is 2. The number of allylic oxidation sites excluding steroid dienone is 2. The first-order chi connectivity index (χ1) is 12.7. The topological polar surface area (TPSA) is 41.1 Å². The second kappa shape index (κ2) is 7.28. The maximum atomic E-state index is 12.3. The third-order valence-corrected chi connectivity index (χ3v) is 5.92. The fraction of sp³-hybridized carbons (Fsp3) is 0.318. The van der Waals surface area contributed by atoms with Gasteiger partial charge in [-0.1, -0.05) is 47.1 Å². The number of rotatable bonds is 4. The molecular formula is C22H23BrN2O. The molecule has 1 aliphatic carbocycles. The molecule has 0 bridgehead atoms. The van der Waals surface area contributed by atoms with Crippen molar-refractivity contribution in [3.63, 3.8) is 0 Å². The van der Waals surface area contributed by atoms with Gasteiger partial charge in [0.05, 0.1) is 6.04 Å². The molecule has 0 radical (unpaired) electrons. The van der Waals surface area contributed by atoms with Gasteiger partial charge in [-0.3, -0.25) is 4.79 Å². The van der Waals surface area contributed by atoms with Gasteiger partial charge in [-0.15, -0.1) is 0 Å². The summed E-state index contributed by atoms with van der Waals surface area (Å²) in [6.07, 6.45) is 6.59. The molecule has 0 unspecified atom stereocenters. The Kier molecular flexibility index (Phi) is 4.86. The van der Waals surface area contributed by atoms with Crippen molar-refractivity contribution >= 4 is 27.5 Å². The summed E-state index contributed by atoms with van der Waals surface area (Å²) in [5.74, 6) is 0.861. The standard InChI is InChI=1S/C22H23BrN2O/c1-2-12-24-22(26)15-8-11-20-19(13-15)17-4-3-5-18(17)21(25-20)14-6-9-16(23)10-7-14/h3-4,6-11,13,17-18,21,25H,2,5,12H2,1H3,(H,24,26)/t17-,18+,21+/m1/s1. The van der Waals surface area contributed by atoms with E-state index in [1.54, 1.807) is 0 Å². The molecule has 134 valence electrons. The fourth-order valence-corrected chi connectivity index (χ4v) is 4.34. The molecule has 2 aromatic carbocycles. The van der Waals surface area contributed by atoms with E-state index in [-0.39, 0.29) is 11.9 Å². The molecule has 1 heterocycles. The summed E-state index contributed by atoms with van der Waals surface area (Å²) < 4.78 is 1.10. The Balaban J connectivity index is 1.66. The van der Waals surface area contributed by atoms with E-state index in [0.29, 0.717) is 18.4 Å². The van der Waals surface area contributed by atoms with Gasteiger partial charge in [0.1, 0.15) is 0 Å². The molecular weight excluding hydrogens is 388 g/mol. The summed E-state index contributed by atoms with van der Waals surface area (Å²) in [7, 11) is 0. The molecule has 0 aromatic heterocycles. The van der Waals surface area contributed by atoms with Crippen molar-refractivity contribution in [2.24, 2.45) is 5.92 Å².